The predicted octanol–water partition coefficient (Wildman–Crippen LogP) is 8.52. The largest absolute Gasteiger partial charge is 0.340 e. The molecule has 35 heavy (non-hydrogen) atoms. The van der Waals surface area contributed by atoms with Crippen LogP contribution in [0.25, 0.3) is 0 Å². The molecule has 0 aromatic heterocycles. The third-order valence-corrected chi connectivity index (χ3v) is 8.10. The Morgan fingerprint density at radius 3 is 1.43 bits per heavy atom. The summed E-state index contributed by atoms with van der Waals surface area (Å²) in [5.74, 6) is 0.214. The molecule has 0 saturated carbocycles. The summed E-state index contributed by atoms with van der Waals surface area (Å²) in [4.78, 5) is 15.7. The highest BCUT2D eigenvalue weighted by molar-refractivity contribution is 5.88. The maximum atomic E-state index is 13.6. The number of piperidine rings is 1. The van der Waals surface area contributed by atoms with Gasteiger partial charge in [0.25, 0.3) is 5.91 Å². The SMILES string of the molecule is CCCCCCCCCCCCCCCCCCN1C(=O)C2(CC(C)(C)NC(C)(C)C2)OC1(C)C. The van der Waals surface area contributed by atoms with Crippen molar-refractivity contribution in [1.29, 1.82) is 0 Å². The third kappa shape index (κ3) is 9.99. The Morgan fingerprint density at radius 2 is 1.03 bits per heavy atom. The fourth-order valence-electron chi connectivity index (χ4n) is 6.97. The monoisotopic (exact) mass is 492 g/mol. The molecule has 2 aliphatic rings. The number of carbonyl (C=O) groups excluding carboxylic acids is 1. The minimum atomic E-state index is -0.684. The zero-order valence-corrected chi connectivity index (χ0v) is 24.7. The Hall–Kier alpha value is -0.610. The van der Waals surface area contributed by atoms with E-state index in [1.165, 1.54) is 96.3 Å². The molecule has 4 heteroatoms. The number of hydrogen-bond acceptors (Lipinski definition) is 3. The number of unbranched alkanes of at least 4 members (excludes halogenated alkanes) is 15. The number of carbonyl (C=O) groups is 1. The van der Waals surface area contributed by atoms with Crippen LogP contribution >= 0.6 is 0 Å². The molecule has 0 radical (unpaired) electrons. The lowest BCUT2D eigenvalue weighted by atomic mass is 9.72. The molecule has 1 N–H and O–H groups in total. The standard InChI is InChI=1S/C31H60N2O2/c1-8-9-10-11-12-13-14-15-16-17-18-19-20-21-22-23-24-33-27(34)31(35-30(33,6)7)25-28(2,3)32-29(4,5)26-31/h32H,8-26H2,1-7H3. The van der Waals surface area contributed by atoms with Crippen molar-refractivity contribution in [3.8, 4) is 0 Å². The number of amides is 1. The quantitative estimate of drug-likeness (QED) is 0.207. The Kier molecular flexibility index (Phi) is 12.1. The van der Waals surface area contributed by atoms with Crippen LogP contribution in [0.4, 0.5) is 0 Å². The number of ether oxygens (including phenoxy) is 1. The second kappa shape index (κ2) is 13.8. The van der Waals surface area contributed by atoms with Crippen LogP contribution in [-0.4, -0.2) is 39.8 Å². The van der Waals surface area contributed by atoms with Gasteiger partial charge < -0.3 is 15.0 Å². The Morgan fingerprint density at radius 1 is 0.657 bits per heavy atom. The number of nitrogens with one attached hydrogen (secondary N) is 1. The van der Waals surface area contributed by atoms with Crippen molar-refractivity contribution in [2.75, 3.05) is 6.54 Å². The van der Waals surface area contributed by atoms with Crippen molar-refractivity contribution in [1.82, 2.24) is 10.2 Å². The van der Waals surface area contributed by atoms with E-state index in [0.717, 1.165) is 25.8 Å². The van der Waals surface area contributed by atoms with E-state index in [1.807, 2.05) is 4.90 Å². The van der Waals surface area contributed by atoms with Gasteiger partial charge >= 0.3 is 0 Å². The molecule has 0 aromatic rings. The molecule has 0 atom stereocenters. The zero-order chi connectivity index (χ0) is 26.0. The average Bonchev–Trinajstić information content (AvgIpc) is 2.89. The molecule has 4 nitrogen and oxygen atoms in total. The van der Waals surface area contributed by atoms with Gasteiger partial charge in [0.05, 0.1) is 0 Å². The third-order valence-electron chi connectivity index (χ3n) is 8.10. The highest BCUT2D eigenvalue weighted by atomic mass is 16.6. The second-order valence-electron chi connectivity index (χ2n) is 13.5. The van der Waals surface area contributed by atoms with E-state index in [4.69, 9.17) is 4.74 Å². The summed E-state index contributed by atoms with van der Waals surface area (Å²) in [5, 5.41) is 3.70. The maximum absolute atomic E-state index is 13.6. The van der Waals surface area contributed by atoms with E-state index in [1.54, 1.807) is 0 Å². The fraction of sp³-hybridized carbons (Fsp3) is 0.968. The Balaban J connectivity index is 1.56. The van der Waals surface area contributed by atoms with Crippen LogP contribution in [-0.2, 0) is 9.53 Å². The van der Waals surface area contributed by atoms with Gasteiger partial charge in [-0.2, -0.15) is 0 Å². The van der Waals surface area contributed by atoms with Gasteiger partial charge in [0.1, 0.15) is 5.72 Å². The molecule has 0 aliphatic carbocycles. The summed E-state index contributed by atoms with van der Waals surface area (Å²) in [7, 11) is 0. The molecule has 2 saturated heterocycles. The molecule has 1 spiro atoms. The fourth-order valence-corrected chi connectivity index (χ4v) is 6.97. The number of nitrogens with zero attached hydrogens (tertiary/aromatic N) is 1. The maximum Gasteiger partial charge on any atom is 0.257 e. The highest BCUT2D eigenvalue weighted by Crippen LogP contribution is 2.47. The van der Waals surface area contributed by atoms with Gasteiger partial charge in [-0.05, 0) is 48.0 Å². The summed E-state index contributed by atoms with van der Waals surface area (Å²) in [6, 6.07) is 0. The normalized spacial score (nSPS) is 22.3. The minimum Gasteiger partial charge on any atom is -0.340 e. The minimum absolute atomic E-state index is 0.113. The van der Waals surface area contributed by atoms with E-state index >= 15 is 0 Å². The van der Waals surface area contributed by atoms with E-state index in [0.29, 0.717) is 0 Å². The van der Waals surface area contributed by atoms with Gasteiger partial charge in [0.15, 0.2) is 5.60 Å². The average molecular weight is 493 g/mol. The molecule has 2 heterocycles. The summed E-state index contributed by atoms with van der Waals surface area (Å²) in [6.07, 6.45) is 23.4. The van der Waals surface area contributed by atoms with Crippen LogP contribution in [0.5, 0.6) is 0 Å². The van der Waals surface area contributed by atoms with Crippen LogP contribution in [0.1, 0.15) is 164 Å². The first-order valence-electron chi connectivity index (χ1n) is 15.2. The molecule has 0 aromatic carbocycles. The van der Waals surface area contributed by atoms with Crippen LogP contribution in [0.2, 0.25) is 0 Å². The van der Waals surface area contributed by atoms with Crippen molar-refractivity contribution >= 4 is 5.91 Å². The molecular formula is C31H60N2O2. The van der Waals surface area contributed by atoms with Crippen molar-refractivity contribution in [2.24, 2.45) is 0 Å². The zero-order valence-electron chi connectivity index (χ0n) is 24.7. The van der Waals surface area contributed by atoms with Crippen LogP contribution in [0.3, 0.4) is 0 Å². The smallest absolute Gasteiger partial charge is 0.257 e. The van der Waals surface area contributed by atoms with Crippen molar-refractivity contribution < 1.29 is 9.53 Å². The first-order valence-corrected chi connectivity index (χ1v) is 15.2. The first kappa shape index (κ1) is 30.6. The van der Waals surface area contributed by atoms with Gasteiger partial charge in [-0.3, -0.25) is 4.79 Å². The van der Waals surface area contributed by atoms with E-state index in [2.05, 4.69) is 53.8 Å². The van der Waals surface area contributed by atoms with Crippen molar-refractivity contribution in [3.05, 3.63) is 0 Å². The molecule has 0 unspecified atom stereocenters. The lowest BCUT2D eigenvalue weighted by Crippen LogP contribution is -2.65. The molecule has 2 fully saturated rings. The second-order valence-corrected chi connectivity index (χ2v) is 13.5. The molecule has 1 amide bonds. The van der Waals surface area contributed by atoms with Crippen LogP contribution in [0, 0.1) is 0 Å². The van der Waals surface area contributed by atoms with Gasteiger partial charge in [-0.25, -0.2) is 0 Å². The van der Waals surface area contributed by atoms with Crippen molar-refractivity contribution in [3.63, 3.8) is 0 Å². The van der Waals surface area contributed by atoms with Gasteiger partial charge in [-0.1, -0.05) is 103 Å². The number of hydrogen-bond donors (Lipinski definition) is 1. The number of rotatable bonds is 17. The highest BCUT2D eigenvalue weighted by Gasteiger charge is 2.61. The van der Waals surface area contributed by atoms with Crippen molar-refractivity contribution in [2.45, 2.75) is 186 Å². The predicted molar refractivity (Wildman–Crippen MR) is 150 cm³/mol. The van der Waals surface area contributed by atoms with Gasteiger partial charge in [0.2, 0.25) is 0 Å². The van der Waals surface area contributed by atoms with E-state index < -0.39 is 11.3 Å². The van der Waals surface area contributed by atoms with Gasteiger partial charge in [-0.15, -0.1) is 0 Å². The Labute approximate surface area is 218 Å². The lowest BCUT2D eigenvalue weighted by molar-refractivity contribution is -0.157. The van der Waals surface area contributed by atoms with Crippen LogP contribution in [0.15, 0.2) is 0 Å². The topological polar surface area (TPSA) is 41.6 Å². The summed E-state index contributed by atoms with van der Waals surface area (Å²) < 4.78 is 6.59. The lowest BCUT2D eigenvalue weighted by Gasteiger charge is -2.50. The molecule has 2 rings (SSSR count). The molecule has 206 valence electrons. The summed E-state index contributed by atoms with van der Waals surface area (Å²) >= 11 is 0. The molecule has 2 aliphatic heterocycles. The van der Waals surface area contributed by atoms with Gasteiger partial charge in [0, 0.05) is 30.5 Å². The van der Waals surface area contributed by atoms with Crippen LogP contribution < -0.4 is 5.32 Å². The Bertz CT molecular complexity index is 609. The first-order chi connectivity index (χ1) is 16.4. The van der Waals surface area contributed by atoms with E-state index in [-0.39, 0.29) is 17.0 Å². The summed E-state index contributed by atoms with van der Waals surface area (Å²) in [5.41, 5.74) is -1.43. The molecule has 0 bridgehead atoms. The summed E-state index contributed by atoms with van der Waals surface area (Å²) in [6.45, 7) is 16.0. The molecular weight excluding hydrogens is 432 g/mol. The van der Waals surface area contributed by atoms with E-state index in [9.17, 15) is 4.79 Å².